The molecule has 0 fully saturated rings. The Morgan fingerprint density at radius 1 is 1.41 bits per heavy atom. The molecule has 1 unspecified atom stereocenters. The summed E-state index contributed by atoms with van der Waals surface area (Å²) < 4.78 is 14.9. The lowest BCUT2D eigenvalue weighted by Gasteiger charge is -2.08. The molecule has 1 aromatic carbocycles. The molecule has 1 atom stereocenters. The number of hydrogen-bond donors (Lipinski definition) is 1. The minimum atomic E-state index is -0.264. The van der Waals surface area contributed by atoms with E-state index in [1.165, 1.54) is 12.1 Å². The Bertz CT molecular complexity index is 642. The number of aromatic nitrogens is 4. The van der Waals surface area contributed by atoms with Gasteiger partial charge >= 0.3 is 0 Å². The molecule has 0 radical (unpaired) electrons. The number of halogens is 1. The van der Waals surface area contributed by atoms with Crippen LogP contribution in [-0.4, -0.2) is 19.7 Å². The molecule has 1 N–H and O–H groups in total. The van der Waals surface area contributed by atoms with E-state index in [0.29, 0.717) is 5.52 Å². The number of nitrogens with zero attached hydrogens (tertiary/aromatic N) is 3. The maximum Gasteiger partial charge on any atom is 0.131 e. The van der Waals surface area contributed by atoms with Crippen molar-refractivity contribution in [2.75, 3.05) is 0 Å². The van der Waals surface area contributed by atoms with Crippen molar-refractivity contribution in [2.45, 2.75) is 13.0 Å². The molecule has 4 nitrogen and oxygen atoms in total. The lowest BCUT2D eigenvalue weighted by Crippen LogP contribution is -2.08. The van der Waals surface area contributed by atoms with Gasteiger partial charge in [-0.25, -0.2) is 9.37 Å². The molecule has 0 saturated carbocycles. The molecule has 0 aliphatic rings. The van der Waals surface area contributed by atoms with Gasteiger partial charge in [0.05, 0.1) is 11.0 Å². The molecule has 0 bridgehead atoms. The summed E-state index contributed by atoms with van der Waals surface area (Å²) in [4.78, 5) is 7.54. The molecule has 3 aromatic rings. The summed E-state index contributed by atoms with van der Waals surface area (Å²) in [5.41, 5.74) is 1.47. The van der Waals surface area contributed by atoms with E-state index in [1.54, 1.807) is 16.9 Å². The third-order valence-corrected chi connectivity index (χ3v) is 2.78. The number of rotatable bonds is 2. The van der Waals surface area contributed by atoms with Crippen molar-refractivity contribution in [1.29, 1.82) is 0 Å². The first-order chi connectivity index (χ1) is 8.24. The van der Waals surface area contributed by atoms with Gasteiger partial charge in [0, 0.05) is 12.4 Å². The molecule has 0 saturated heterocycles. The molecular formula is C12H11FN4. The zero-order chi connectivity index (χ0) is 11.8. The Hall–Kier alpha value is -2.17. The highest BCUT2D eigenvalue weighted by atomic mass is 19.1. The molecular weight excluding hydrogens is 219 g/mol. The van der Waals surface area contributed by atoms with E-state index >= 15 is 0 Å². The van der Waals surface area contributed by atoms with Gasteiger partial charge in [-0.1, -0.05) is 0 Å². The molecule has 0 aliphatic heterocycles. The Balaban J connectivity index is 2.06. The van der Waals surface area contributed by atoms with Crippen LogP contribution in [-0.2, 0) is 0 Å². The van der Waals surface area contributed by atoms with Crippen LogP contribution in [0, 0.1) is 5.82 Å². The topological polar surface area (TPSA) is 46.5 Å². The maximum absolute atomic E-state index is 13.1. The van der Waals surface area contributed by atoms with Crippen LogP contribution < -0.4 is 0 Å². The van der Waals surface area contributed by atoms with Gasteiger partial charge in [0.15, 0.2) is 0 Å². The van der Waals surface area contributed by atoms with Gasteiger partial charge in [-0.15, -0.1) is 0 Å². The number of H-pyrrole nitrogens is 1. The van der Waals surface area contributed by atoms with E-state index in [4.69, 9.17) is 0 Å². The highest BCUT2D eigenvalue weighted by Crippen LogP contribution is 2.19. The van der Waals surface area contributed by atoms with E-state index in [9.17, 15) is 4.39 Å². The average molecular weight is 230 g/mol. The van der Waals surface area contributed by atoms with Crippen LogP contribution in [0.15, 0.2) is 36.7 Å². The first-order valence-corrected chi connectivity index (χ1v) is 5.38. The second kappa shape index (κ2) is 3.69. The van der Waals surface area contributed by atoms with Crippen LogP contribution in [0.5, 0.6) is 0 Å². The predicted molar refractivity (Wildman–Crippen MR) is 62.1 cm³/mol. The van der Waals surface area contributed by atoms with Gasteiger partial charge in [0.1, 0.15) is 17.7 Å². The molecule has 86 valence electrons. The molecule has 5 heteroatoms. The molecule has 2 heterocycles. The van der Waals surface area contributed by atoms with Gasteiger partial charge in [-0.3, -0.25) is 4.68 Å². The standard InChI is InChI=1S/C12H11FN4/c1-8(17-6-2-5-14-17)12-15-10-4-3-9(13)7-11(10)16-12/h2-8H,1H3,(H,15,16). The molecule has 0 spiro atoms. The maximum atomic E-state index is 13.1. The van der Waals surface area contributed by atoms with Crippen LogP contribution in [0.2, 0.25) is 0 Å². The van der Waals surface area contributed by atoms with Crippen LogP contribution in [0.3, 0.4) is 0 Å². The Morgan fingerprint density at radius 3 is 3.06 bits per heavy atom. The van der Waals surface area contributed by atoms with Crippen molar-refractivity contribution in [3.05, 3.63) is 48.3 Å². The van der Waals surface area contributed by atoms with Crippen molar-refractivity contribution in [1.82, 2.24) is 19.7 Å². The zero-order valence-corrected chi connectivity index (χ0v) is 9.26. The third kappa shape index (κ3) is 1.69. The highest BCUT2D eigenvalue weighted by Gasteiger charge is 2.12. The zero-order valence-electron chi connectivity index (χ0n) is 9.26. The summed E-state index contributed by atoms with van der Waals surface area (Å²) in [5.74, 6) is 0.508. The summed E-state index contributed by atoms with van der Waals surface area (Å²) in [6, 6.07) is 6.38. The van der Waals surface area contributed by atoms with Crippen molar-refractivity contribution in [3.8, 4) is 0 Å². The summed E-state index contributed by atoms with van der Waals surface area (Å²) in [6.07, 6.45) is 3.59. The molecule has 2 aromatic heterocycles. The van der Waals surface area contributed by atoms with Gasteiger partial charge < -0.3 is 4.98 Å². The van der Waals surface area contributed by atoms with Crippen LogP contribution >= 0.6 is 0 Å². The smallest absolute Gasteiger partial charge is 0.131 e. The monoisotopic (exact) mass is 230 g/mol. The van der Waals surface area contributed by atoms with Crippen LogP contribution in [0.1, 0.15) is 18.8 Å². The molecule has 17 heavy (non-hydrogen) atoms. The number of benzene rings is 1. The Morgan fingerprint density at radius 2 is 2.29 bits per heavy atom. The van der Waals surface area contributed by atoms with Crippen LogP contribution in [0.25, 0.3) is 11.0 Å². The fourth-order valence-electron chi connectivity index (χ4n) is 1.83. The fraction of sp³-hybridized carbons (Fsp3) is 0.167. The first kappa shape index (κ1) is 10.0. The minimum absolute atomic E-state index is 0.000427. The van der Waals surface area contributed by atoms with Gasteiger partial charge in [0.25, 0.3) is 0 Å². The van der Waals surface area contributed by atoms with Gasteiger partial charge in [-0.05, 0) is 31.2 Å². The van der Waals surface area contributed by atoms with Crippen molar-refractivity contribution in [3.63, 3.8) is 0 Å². The second-order valence-electron chi connectivity index (χ2n) is 3.95. The minimum Gasteiger partial charge on any atom is -0.340 e. The van der Waals surface area contributed by atoms with Crippen molar-refractivity contribution < 1.29 is 4.39 Å². The Labute approximate surface area is 97.1 Å². The first-order valence-electron chi connectivity index (χ1n) is 5.38. The number of nitrogens with one attached hydrogen (secondary N) is 1. The van der Waals surface area contributed by atoms with Crippen LogP contribution in [0.4, 0.5) is 4.39 Å². The Kier molecular flexibility index (Phi) is 2.18. The number of imidazole rings is 1. The quantitative estimate of drug-likeness (QED) is 0.735. The highest BCUT2D eigenvalue weighted by molar-refractivity contribution is 5.75. The summed E-state index contributed by atoms with van der Waals surface area (Å²) >= 11 is 0. The van der Waals surface area contributed by atoms with E-state index in [1.807, 2.05) is 19.2 Å². The summed E-state index contributed by atoms with van der Waals surface area (Å²) in [5, 5.41) is 4.16. The molecule has 0 aliphatic carbocycles. The number of fused-ring (bicyclic) bond motifs is 1. The number of aromatic amines is 1. The van der Waals surface area contributed by atoms with E-state index in [-0.39, 0.29) is 11.9 Å². The van der Waals surface area contributed by atoms with Gasteiger partial charge in [0.2, 0.25) is 0 Å². The average Bonchev–Trinajstić information content (AvgIpc) is 2.96. The van der Waals surface area contributed by atoms with E-state index in [2.05, 4.69) is 15.1 Å². The fourth-order valence-corrected chi connectivity index (χ4v) is 1.83. The van der Waals surface area contributed by atoms with E-state index in [0.717, 1.165) is 11.3 Å². The lowest BCUT2D eigenvalue weighted by molar-refractivity contribution is 0.542. The third-order valence-electron chi connectivity index (χ3n) is 2.78. The van der Waals surface area contributed by atoms with E-state index < -0.39 is 0 Å². The molecule has 0 amide bonds. The largest absolute Gasteiger partial charge is 0.340 e. The van der Waals surface area contributed by atoms with Crippen molar-refractivity contribution >= 4 is 11.0 Å². The SMILES string of the molecule is CC(c1nc2ccc(F)cc2[nH]1)n1cccn1. The summed E-state index contributed by atoms with van der Waals surface area (Å²) in [6.45, 7) is 1.99. The number of hydrogen-bond acceptors (Lipinski definition) is 2. The van der Waals surface area contributed by atoms with Crippen molar-refractivity contribution in [2.24, 2.45) is 0 Å². The lowest BCUT2D eigenvalue weighted by atomic mass is 10.3. The van der Waals surface area contributed by atoms with Gasteiger partial charge in [-0.2, -0.15) is 5.10 Å². The predicted octanol–water partition coefficient (Wildman–Crippen LogP) is 2.51. The normalized spacial score (nSPS) is 13.1. The second-order valence-corrected chi connectivity index (χ2v) is 3.95. The summed E-state index contributed by atoms with van der Waals surface area (Å²) in [7, 11) is 0. The molecule has 3 rings (SSSR count).